The second-order valence-electron chi connectivity index (χ2n) is 6.65. The first-order chi connectivity index (χ1) is 6.36. The fraction of sp³-hybridized carbons (Fsp3) is 0.857. The fourth-order valence-corrected chi connectivity index (χ4v) is 3.80. The van der Waals surface area contributed by atoms with Gasteiger partial charge in [0.2, 0.25) is 0 Å². The van der Waals surface area contributed by atoms with Crippen molar-refractivity contribution < 1.29 is 0 Å². The fourth-order valence-electron chi connectivity index (χ4n) is 3.80. The molecule has 14 heavy (non-hydrogen) atoms. The number of hydrogen-bond donors (Lipinski definition) is 0. The van der Waals surface area contributed by atoms with E-state index in [0.29, 0.717) is 10.8 Å². The summed E-state index contributed by atoms with van der Waals surface area (Å²) in [5, 5.41) is 0. The van der Waals surface area contributed by atoms with Crippen LogP contribution in [0.4, 0.5) is 0 Å². The smallest absolute Gasteiger partial charge is 0.00845 e. The molecule has 2 aliphatic rings. The molecule has 2 unspecified atom stereocenters. The van der Waals surface area contributed by atoms with E-state index in [4.69, 9.17) is 0 Å². The van der Waals surface area contributed by atoms with Gasteiger partial charge in [-0.3, -0.25) is 0 Å². The van der Waals surface area contributed by atoms with Crippen LogP contribution in [0.2, 0.25) is 0 Å². The Bertz CT molecular complexity index is 270. The lowest BCUT2D eigenvalue weighted by Gasteiger charge is -2.34. The predicted molar refractivity (Wildman–Crippen MR) is 62.2 cm³/mol. The van der Waals surface area contributed by atoms with Gasteiger partial charge in [0.25, 0.3) is 0 Å². The summed E-state index contributed by atoms with van der Waals surface area (Å²) in [5.74, 6) is 1.75. The largest absolute Gasteiger partial charge is 0.0791 e. The second-order valence-corrected chi connectivity index (χ2v) is 6.65. The highest BCUT2D eigenvalue weighted by Crippen LogP contribution is 2.61. The number of rotatable bonds is 1. The van der Waals surface area contributed by atoms with Crippen LogP contribution in [-0.2, 0) is 0 Å². The molecule has 0 aromatic carbocycles. The molecule has 0 aromatic heterocycles. The van der Waals surface area contributed by atoms with E-state index < -0.39 is 0 Å². The summed E-state index contributed by atoms with van der Waals surface area (Å²) in [6.45, 7) is 12.0. The van der Waals surface area contributed by atoms with Gasteiger partial charge in [-0.25, -0.2) is 0 Å². The highest BCUT2D eigenvalue weighted by Gasteiger charge is 2.51. The zero-order valence-corrected chi connectivity index (χ0v) is 10.4. The van der Waals surface area contributed by atoms with Crippen LogP contribution in [0.5, 0.6) is 0 Å². The molecule has 1 saturated carbocycles. The molecule has 0 aliphatic heterocycles. The normalized spacial score (nSPS) is 40.1. The predicted octanol–water partition coefficient (Wildman–Crippen LogP) is 4.42. The summed E-state index contributed by atoms with van der Waals surface area (Å²) in [7, 11) is 0. The lowest BCUT2D eigenvalue weighted by molar-refractivity contribution is 0.237. The van der Waals surface area contributed by atoms with E-state index >= 15 is 0 Å². The monoisotopic (exact) mass is 192 g/mol. The minimum absolute atomic E-state index is 0.538. The van der Waals surface area contributed by atoms with Crippen molar-refractivity contribution in [2.45, 2.75) is 53.9 Å². The van der Waals surface area contributed by atoms with Crippen LogP contribution >= 0.6 is 0 Å². The van der Waals surface area contributed by atoms with Crippen LogP contribution < -0.4 is 0 Å². The van der Waals surface area contributed by atoms with Gasteiger partial charge < -0.3 is 0 Å². The van der Waals surface area contributed by atoms with Gasteiger partial charge in [-0.15, -0.1) is 0 Å². The van der Waals surface area contributed by atoms with Crippen molar-refractivity contribution in [3.8, 4) is 0 Å². The third-order valence-electron chi connectivity index (χ3n) is 4.77. The third-order valence-corrected chi connectivity index (χ3v) is 4.77. The van der Waals surface area contributed by atoms with E-state index in [9.17, 15) is 0 Å². The lowest BCUT2D eigenvalue weighted by atomic mass is 9.71. The summed E-state index contributed by atoms with van der Waals surface area (Å²) in [4.78, 5) is 0. The first kappa shape index (κ1) is 10.3. The first-order valence-corrected chi connectivity index (χ1v) is 6.04. The summed E-state index contributed by atoms with van der Waals surface area (Å²) < 4.78 is 0. The Balaban J connectivity index is 2.38. The molecule has 0 amide bonds. The zero-order chi connectivity index (χ0) is 10.6. The Morgan fingerprint density at radius 1 is 1.36 bits per heavy atom. The summed E-state index contributed by atoms with van der Waals surface area (Å²) >= 11 is 0. The standard InChI is InChI=1S/C14H24/c1-10(2)14-7-11(3)6-12(8-14)13(4,5)9-14/h7,10,12H,6,8-9H2,1-5H3. The minimum Gasteiger partial charge on any atom is -0.0791 e. The van der Waals surface area contributed by atoms with Crippen LogP contribution in [0.25, 0.3) is 0 Å². The van der Waals surface area contributed by atoms with Crippen LogP contribution in [-0.4, -0.2) is 0 Å². The summed E-state index contributed by atoms with van der Waals surface area (Å²) in [6.07, 6.45) is 6.79. The molecule has 80 valence electrons. The quantitative estimate of drug-likeness (QED) is 0.540. The van der Waals surface area contributed by atoms with Gasteiger partial charge >= 0.3 is 0 Å². The van der Waals surface area contributed by atoms with Crippen molar-refractivity contribution in [2.24, 2.45) is 22.7 Å². The van der Waals surface area contributed by atoms with Crippen molar-refractivity contribution in [1.82, 2.24) is 0 Å². The van der Waals surface area contributed by atoms with Gasteiger partial charge in [-0.05, 0) is 48.9 Å². The second kappa shape index (κ2) is 2.87. The molecule has 0 saturated heterocycles. The number of fused-ring (bicyclic) bond motifs is 2. The van der Waals surface area contributed by atoms with Gasteiger partial charge in [0, 0.05) is 0 Å². The molecule has 0 N–H and O–H groups in total. The van der Waals surface area contributed by atoms with E-state index in [2.05, 4.69) is 40.7 Å². The molecule has 0 heteroatoms. The number of hydrogen-bond acceptors (Lipinski definition) is 0. The van der Waals surface area contributed by atoms with Crippen LogP contribution in [0, 0.1) is 22.7 Å². The summed E-state index contributed by atoms with van der Waals surface area (Å²) in [5.41, 5.74) is 2.75. The van der Waals surface area contributed by atoms with E-state index in [1.807, 2.05) is 0 Å². The van der Waals surface area contributed by atoms with Crippen molar-refractivity contribution in [2.75, 3.05) is 0 Å². The lowest BCUT2D eigenvalue weighted by Crippen LogP contribution is -2.24. The highest BCUT2D eigenvalue weighted by atomic mass is 14.6. The molecular weight excluding hydrogens is 168 g/mol. The average molecular weight is 192 g/mol. The Hall–Kier alpha value is -0.260. The van der Waals surface area contributed by atoms with Crippen molar-refractivity contribution in [1.29, 1.82) is 0 Å². The minimum atomic E-state index is 0.538. The Morgan fingerprint density at radius 2 is 2.00 bits per heavy atom. The Morgan fingerprint density at radius 3 is 2.57 bits per heavy atom. The zero-order valence-electron chi connectivity index (χ0n) is 10.4. The van der Waals surface area contributed by atoms with E-state index in [0.717, 1.165) is 11.8 Å². The molecule has 0 heterocycles. The number of allylic oxidation sites excluding steroid dienone is 2. The molecule has 2 aliphatic carbocycles. The summed E-state index contributed by atoms with van der Waals surface area (Å²) in [6, 6.07) is 0. The van der Waals surface area contributed by atoms with Crippen molar-refractivity contribution in [3.05, 3.63) is 11.6 Å². The molecule has 0 aromatic rings. The Labute approximate surface area is 88.8 Å². The topological polar surface area (TPSA) is 0 Å². The molecule has 2 atom stereocenters. The molecule has 1 fully saturated rings. The van der Waals surface area contributed by atoms with Gasteiger partial charge in [-0.2, -0.15) is 0 Å². The SMILES string of the molecule is CC1=CC2(C(C)C)CC(C1)C(C)(C)C2. The third kappa shape index (κ3) is 1.34. The molecule has 0 spiro atoms. The highest BCUT2D eigenvalue weighted by molar-refractivity contribution is 5.21. The van der Waals surface area contributed by atoms with Gasteiger partial charge in [0.05, 0.1) is 0 Å². The molecular formula is C14H24. The van der Waals surface area contributed by atoms with E-state index in [1.54, 1.807) is 5.57 Å². The van der Waals surface area contributed by atoms with Gasteiger partial charge in [0.15, 0.2) is 0 Å². The van der Waals surface area contributed by atoms with E-state index in [1.165, 1.54) is 19.3 Å². The van der Waals surface area contributed by atoms with Gasteiger partial charge in [-0.1, -0.05) is 39.3 Å². The molecule has 0 radical (unpaired) electrons. The van der Waals surface area contributed by atoms with Crippen LogP contribution in [0.15, 0.2) is 11.6 Å². The van der Waals surface area contributed by atoms with Gasteiger partial charge in [0.1, 0.15) is 0 Å². The Kier molecular flexibility index (Phi) is 2.10. The first-order valence-electron chi connectivity index (χ1n) is 6.04. The maximum atomic E-state index is 2.60. The van der Waals surface area contributed by atoms with Crippen molar-refractivity contribution in [3.63, 3.8) is 0 Å². The molecule has 0 nitrogen and oxygen atoms in total. The average Bonchev–Trinajstić information content (AvgIpc) is 2.19. The van der Waals surface area contributed by atoms with Crippen LogP contribution in [0.3, 0.4) is 0 Å². The maximum Gasteiger partial charge on any atom is -0.00845 e. The molecule has 2 rings (SSSR count). The van der Waals surface area contributed by atoms with Crippen molar-refractivity contribution >= 4 is 0 Å². The van der Waals surface area contributed by atoms with E-state index in [-0.39, 0.29) is 0 Å². The maximum absolute atomic E-state index is 2.60. The van der Waals surface area contributed by atoms with Crippen LogP contribution in [0.1, 0.15) is 53.9 Å². The molecule has 2 bridgehead atoms.